The number of anilines is 2. The van der Waals surface area contributed by atoms with Crippen LogP contribution in [-0.2, 0) is 6.42 Å². The number of nitrogens with zero attached hydrogens (tertiary/aromatic N) is 3. The summed E-state index contributed by atoms with van der Waals surface area (Å²) in [5, 5.41) is 8.67. The number of hydrogen-bond acceptors (Lipinski definition) is 7. The van der Waals surface area contributed by atoms with Gasteiger partial charge in [0.25, 0.3) is 0 Å². The Balaban J connectivity index is 1.83. The summed E-state index contributed by atoms with van der Waals surface area (Å²) in [7, 11) is 1.56. The molecule has 1 aliphatic rings. The molecule has 0 aromatic carbocycles. The van der Waals surface area contributed by atoms with Crippen molar-refractivity contribution < 1.29 is 4.74 Å². The highest BCUT2D eigenvalue weighted by Crippen LogP contribution is 2.35. The van der Waals surface area contributed by atoms with Crippen molar-refractivity contribution in [2.24, 2.45) is 0 Å². The van der Waals surface area contributed by atoms with Gasteiger partial charge in [-0.2, -0.15) is 15.0 Å². The second kappa shape index (κ2) is 6.26. The first-order chi connectivity index (χ1) is 10.3. The first kappa shape index (κ1) is 14.1. The Labute approximate surface area is 128 Å². The molecule has 6 nitrogen and oxygen atoms in total. The van der Waals surface area contributed by atoms with Crippen molar-refractivity contribution >= 4 is 23.2 Å². The molecule has 2 aromatic rings. The van der Waals surface area contributed by atoms with Crippen molar-refractivity contribution in [3.63, 3.8) is 0 Å². The van der Waals surface area contributed by atoms with E-state index in [1.54, 1.807) is 7.11 Å². The van der Waals surface area contributed by atoms with Crippen LogP contribution in [0.2, 0.25) is 0 Å². The summed E-state index contributed by atoms with van der Waals surface area (Å²) in [5.41, 5.74) is 1.37. The zero-order valence-electron chi connectivity index (χ0n) is 12.2. The third kappa shape index (κ3) is 3.07. The predicted octanol–water partition coefficient (Wildman–Crippen LogP) is 2.86. The maximum atomic E-state index is 5.15. The average molecular weight is 305 g/mol. The SMILES string of the molecule is CCNc1nc(NC2CCCc3sccc32)nc(OC)n1. The molecule has 0 spiro atoms. The predicted molar refractivity (Wildman–Crippen MR) is 84.2 cm³/mol. The lowest BCUT2D eigenvalue weighted by molar-refractivity contribution is 0.379. The highest BCUT2D eigenvalue weighted by Gasteiger charge is 2.22. The van der Waals surface area contributed by atoms with E-state index >= 15 is 0 Å². The number of nitrogens with one attached hydrogen (secondary N) is 2. The van der Waals surface area contributed by atoms with E-state index in [-0.39, 0.29) is 6.04 Å². The fraction of sp³-hybridized carbons (Fsp3) is 0.500. The molecule has 2 N–H and O–H groups in total. The van der Waals surface area contributed by atoms with Gasteiger partial charge in [-0.05, 0) is 43.2 Å². The van der Waals surface area contributed by atoms with Crippen LogP contribution >= 0.6 is 11.3 Å². The first-order valence-electron chi connectivity index (χ1n) is 7.17. The summed E-state index contributed by atoms with van der Waals surface area (Å²) < 4.78 is 5.15. The van der Waals surface area contributed by atoms with Crippen molar-refractivity contribution in [1.29, 1.82) is 0 Å². The normalized spacial score (nSPS) is 17.1. The topological polar surface area (TPSA) is 72.0 Å². The van der Waals surface area contributed by atoms with Crippen LogP contribution < -0.4 is 15.4 Å². The Kier molecular flexibility index (Phi) is 4.19. The van der Waals surface area contributed by atoms with Gasteiger partial charge in [-0.1, -0.05) is 0 Å². The van der Waals surface area contributed by atoms with E-state index in [1.165, 1.54) is 23.3 Å². The summed E-state index contributed by atoms with van der Waals surface area (Å²) in [6.45, 7) is 2.76. The molecule has 0 amide bonds. The van der Waals surface area contributed by atoms with Gasteiger partial charge in [0.2, 0.25) is 11.9 Å². The summed E-state index contributed by atoms with van der Waals surface area (Å²) >= 11 is 1.83. The van der Waals surface area contributed by atoms with Crippen LogP contribution in [0, 0.1) is 0 Å². The van der Waals surface area contributed by atoms with Crippen molar-refractivity contribution in [3.8, 4) is 6.01 Å². The number of thiophene rings is 1. The van der Waals surface area contributed by atoms with Crippen molar-refractivity contribution in [2.75, 3.05) is 24.3 Å². The summed E-state index contributed by atoms with van der Waals surface area (Å²) in [6.07, 6.45) is 3.45. The highest BCUT2D eigenvalue weighted by atomic mass is 32.1. The molecular weight excluding hydrogens is 286 g/mol. The van der Waals surface area contributed by atoms with Gasteiger partial charge in [0.1, 0.15) is 0 Å². The lowest BCUT2D eigenvalue weighted by atomic mass is 9.94. The molecule has 0 saturated carbocycles. The molecule has 0 fully saturated rings. The molecule has 1 atom stereocenters. The Hall–Kier alpha value is -1.89. The molecule has 2 heterocycles. The largest absolute Gasteiger partial charge is 0.467 e. The van der Waals surface area contributed by atoms with E-state index in [1.807, 2.05) is 18.3 Å². The van der Waals surface area contributed by atoms with Gasteiger partial charge >= 0.3 is 6.01 Å². The number of fused-ring (bicyclic) bond motifs is 1. The molecule has 3 rings (SSSR count). The van der Waals surface area contributed by atoms with Gasteiger partial charge in [0.05, 0.1) is 13.2 Å². The zero-order valence-corrected chi connectivity index (χ0v) is 13.0. The number of rotatable bonds is 5. The molecule has 21 heavy (non-hydrogen) atoms. The Morgan fingerprint density at radius 3 is 3.00 bits per heavy atom. The van der Waals surface area contributed by atoms with Gasteiger partial charge in [-0.25, -0.2) is 0 Å². The van der Waals surface area contributed by atoms with Crippen LogP contribution in [0.4, 0.5) is 11.9 Å². The smallest absolute Gasteiger partial charge is 0.322 e. The summed E-state index contributed by atoms with van der Waals surface area (Å²) in [5.74, 6) is 1.09. The van der Waals surface area contributed by atoms with E-state index < -0.39 is 0 Å². The minimum Gasteiger partial charge on any atom is -0.467 e. The standard InChI is InChI=1S/C14H19N5OS/c1-3-15-12-17-13(19-14(18-12)20-2)16-10-5-4-6-11-9(10)7-8-21-11/h7-8,10H,3-6H2,1-2H3,(H2,15,16,17,18,19). The third-order valence-corrected chi connectivity index (χ3v) is 4.48. The van der Waals surface area contributed by atoms with Gasteiger partial charge in [0.15, 0.2) is 0 Å². The van der Waals surface area contributed by atoms with E-state index in [4.69, 9.17) is 4.74 Å². The van der Waals surface area contributed by atoms with Crippen LogP contribution in [0.25, 0.3) is 0 Å². The van der Waals surface area contributed by atoms with Crippen molar-refractivity contribution in [3.05, 3.63) is 21.9 Å². The molecule has 0 saturated heterocycles. The van der Waals surface area contributed by atoms with Crippen LogP contribution in [0.3, 0.4) is 0 Å². The number of methoxy groups -OCH3 is 1. The number of aromatic nitrogens is 3. The van der Waals surface area contributed by atoms with Gasteiger partial charge in [0, 0.05) is 11.4 Å². The Morgan fingerprint density at radius 2 is 2.19 bits per heavy atom. The molecule has 1 aliphatic carbocycles. The van der Waals surface area contributed by atoms with E-state index in [0.717, 1.165) is 13.0 Å². The lowest BCUT2D eigenvalue weighted by Crippen LogP contribution is -2.18. The maximum Gasteiger partial charge on any atom is 0.322 e. The fourth-order valence-corrected chi connectivity index (χ4v) is 3.53. The molecule has 0 aliphatic heterocycles. The molecule has 1 unspecified atom stereocenters. The van der Waals surface area contributed by atoms with Crippen molar-refractivity contribution in [1.82, 2.24) is 15.0 Å². The molecule has 7 heteroatoms. The molecule has 0 radical (unpaired) electrons. The molecular formula is C14H19N5OS. The Bertz CT molecular complexity index is 615. The van der Waals surface area contributed by atoms with E-state index in [9.17, 15) is 0 Å². The summed E-state index contributed by atoms with van der Waals surface area (Å²) in [6, 6.07) is 2.78. The quantitative estimate of drug-likeness (QED) is 0.885. The minimum atomic E-state index is 0.265. The number of aryl methyl sites for hydroxylation is 1. The number of ether oxygens (including phenoxy) is 1. The van der Waals surface area contributed by atoms with Crippen LogP contribution in [0.5, 0.6) is 6.01 Å². The second-order valence-corrected chi connectivity index (χ2v) is 5.89. The Morgan fingerprint density at radius 1 is 1.33 bits per heavy atom. The first-order valence-corrected chi connectivity index (χ1v) is 8.05. The van der Waals surface area contributed by atoms with Gasteiger partial charge in [-0.3, -0.25) is 0 Å². The van der Waals surface area contributed by atoms with Crippen molar-refractivity contribution in [2.45, 2.75) is 32.2 Å². The van der Waals surface area contributed by atoms with Crippen LogP contribution in [-0.4, -0.2) is 28.6 Å². The number of hydrogen-bond donors (Lipinski definition) is 2. The monoisotopic (exact) mass is 305 g/mol. The fourth-order valence-electron chi connectivity index (χ4n) is 2.54. The molecule has 2 aromatic heterocycles. The van der Waals surface area contributed by atoms with Crippen LogP contribution in [0.15, 0.2) is 11.4 Å². The molecule has 112 valence electrons. The maximum absolute atomic E-state index is 5.15. The molecule has 0 bridgehead atoms. The van der Waals surface area contributed by atoms with Gasteiger partial charge < -0.3 is 15.4 Å². The lowest BCUT2D eigenvalue weighted by Gasteiger charge is -2.23. The summed E-state index contributed by atoms with van der Waals surface area (Å²) in [4.78, 5) is 14.3. The highest BCUT2D eigenvalue weighted by molar-refractivity contribution is 7.10. The van der Waals surface area contributed by atoms with Crippen LogP contribution in [0.1, 0.15) is 36.2 Å². The van der Waals surface area contributed by atoms with E-state index in [0.29, 0.717) is 17.9 Å². The third-order valence-electron chi connectivity index (χ3n) is 3.49. The minimum absolute atomic E-state index is 0.265. The van der Waals surface area contributed by atoms with E-state index in [2.05, 4.69) is 37.0 Å². The second-order valence-electron chi connectivity index (χ2n) is 4.89. The average Bonchev–Trinajstić information content (AvgIpc) is 2.97. The zero-order chi connectivity index (χ0) is 14.7. The van der Waals surface area contributed by atoms with Gasteiger partial charge in [-0.15, -0.1) is 11.3 Å².